The summed E-state index contributed by atoms with van der Waals surface area (Å²) >= 11 is 6.05. The summed E-state index contributed by atoms with van der Waals surface area (Å²) in [5.74, 6) is -0.454. The summed E-state index contributed by atoms with van der Waals surface area (Å²) in [7, 11) is 1.54. The molecule has 1 fully saturated rings. The Kier molecular flexibility index (Phi) is 12.0. The fraction of sp³-hybridized carbons (Fsp3) is 0.485. The Morgan fingerprint density at radius 2 is 1.74 bits per heavy atom. The molecule has 1 unspecified atom stereocenters. The molecule has 0 saturated heterocycles. The zero-order valence-corrected chi connectivity index (χ0v) is 25.7. The number of halogens is 1. The second kappa shape index (κ2) is 15.9. The Morgan fingerprint density at radius 1 is 1.02 bits per heavy atom. The van der Waals surface area contributed by atoms with Crippen LogP contribution in [0.4, 0.5) is 0 Å². The number of aliphatic hydroxyl groups is 1. The zero-order valence-electron chi connectivity index (χ0n) is 24.9. The number of fused-ring (bicyclic) bond motifs is 1. The highest BCUT2D eigenvalue weighted by molar-refractivity contribution is 6.30. The monoisotopic (exact) mass is 610 g/mol. The van der Waals surface area contributed by atoms with Crippen molar-refractivity contribution in [2.75, 3.05) is 26.7 Å². The topological polar surface area (TPSA) is 120 Å². The third-order valence-electron chi connectivity index (χ3n) is 8.20. The van der Waals surface area contributed by atoms with Crippen molar-refractivity contribution >= 4 is 35.4 Å². The number of nitrogens with zero attached hydrogens (tertiary/aromatic N) is 1. The Hall–Kier alpha value is -3.40. The number of carbonyl (C=O) groups excluding carboxylic acids is 3. The Balaban J connectivity index is 1.65. The predicted octanol–water partition coefficient (Wildman–Crippen LogP) is 3.34. The number of likely N-dealkylation sites (N-methyl/N-ethyl adjacent to an activating group) is 1. The van der Waals surface area contributed by atoms with Gasteiger partial charge in [-0.3, -0.25) is 14.4 Å². The number of hydrogen-bond donors (Lipinski definition) is 4. The van der Waals surface area contributed by atoms with Crippen LogP contribution in [0.2, 0.25) is 5.02 Å². The first-order valence-corrected chi connectivity index (χ1v) is 15.5. The fourth-order valence-corrected chi connectivity index (χ4v) is 6.04. The van der Waals surface area contributed by atoms with E-state index in [0.29, 0.717) is 23.9 Å². The van der Waals surface area contributed by atoms with E-state index in [-0.39, 0.29) is 24.8 Å². The number of rotatable bonds is 4. The minimum Gasteiger partial charge on any atom is -0.492 e. The molecule has 0 bridgehead atoms. The highest BCUT2D eigenvalue weighted by Gasteiger charge is 2.38. The summed E-state index contributed by atoms with van der Waals surface area (Å²) in [6.07, 6.45) is 7.76. The molecule has 1 aliphatic carbocycles. The standard InChI is InChI=1S/C33H43ClN4O5/c1-22(39)30-32(41)37-27(21-23-14-16-26(34)17-15-23)31(40)36-18-8-12-24-9-6-7-13-28(24)43-20-19-35-29(33(42)38(30)2)25-10-4-3-5-11-25/h6-9,12-17,22,25,27,29-30,35,39H,3-5,10-11,18-21H2,1-2H3,(H,36,40)(H,37,41)/t22?,27-,29+,30+/m1/s1. The van der Waals surface area contributed by atoms with Gasteiger partial charge in [0.1, 0.15) is 24.4 Å². The SMILES string of the molecule is CC(O)[C@H]1C(=O)N[C@H](Cc2ccc(Cl)cc2)C(=O)NCC=Cc2ccccc2OCCN[C@@H](C2CCCCC2)C(=O)N1C. The van der Waals surface area contributed by atoms with Crippen LogP contribution in [0.5, 0.6) is 5.75 Å². The Bertz CT molecular complexity index is 1260. The van der Waals surface area contributed by atoms with Gasteiger partial charge in [0.2, 0.25) is 17.7 Å². The van der Waals surface area contributed by atoms with E-state index in [0.717, 1.165) is 43.2 Å². The number of nitrogens with one attached hydrogen (secondary N) is 3. The number of aliphatic hydroxyl groups excluding tert-OH is 1. The first-order valence-electron chi connectivity index (χ1n) is 15.1. The predicted molar refractivity (Wildman–Crippen MR) is 168 cm³/mol. The number of benzene rings is 2. The maximum absolute atomic E-state index is 14.0. The number of hydrogen-bond acceptors (Lipinski definition) is 6. The molecule has 1 heterocycles. The van der Waals surface area contributed by atoms with Crippen LogP contribution >= 0.6 is 11.6 Å². The van der Waals surface area contributed by atoms with E-state index in [9.17, 15) is 19.5 Å². The largest absolute Gasteiger partial charge is 0.492 e. The normalized spacial score (nSPS) is 24.1. The van der Waals surface area contributed by atoms with Gasteiger partial charge in [0.25, 0.3) is 0 Å². The van der Waals surface area contributed by atoms with Crippen LogP contribution in [0.1, 0.15) is 50.2 Å². The molecule has 4 N–H and O–H groups in total. The van der Waals surface area contributed by atoms with E-state index in [4.69, 9.17) is 16.3 Å². The van der Waals surface area contributed by atoms with Crippen molar-refractivity contribution in [1.29, 1.82) is 0 Å². The highest BCUT2D eigenvalue weighted by Crippen LogP contribution is 2.28. The van der Waals surface area contributed by atoms with E-state index in [1.54, 1.807) is 31.3 Å². The number of para-hydroxylation sites is 1. The molecule has 2 aromatic rings. The number of amides is 3. The van der Waals surface area contributed by atoms with Crippen LogP contribution in [-0.2, 0) is 20.8 Å². The molecule has 43 heavy (non-hydrogen) atoms. The van der Waals surface area contributed by atoms with Crippen molar-refractivity contribution in [3.63, 3.8) is 0 Å². The maximum atomic E-state index is 14.0. The molecule has 4 atom stereocenters. The molecule has 1 saturated carbocycles. The average Bonchev–Trinajstić information content (AvgIpc) is 3.00. The molecule has 0 aromatic heterocycles. The summed E-state index contributed by atoms with van der Waals surface area (Å²) < 4.78 is 6.08. The molecule has 3 amide bonds. The summed E-state index contributed by atoms with van der Waals surface area (Å²) in [6, 6.07) is 12.0. The molecule has 2 aromatic carbocycles. The maximum Gasteiger partial charge on any atom is 0.246 e. The lowest BCUT2D eigenvalue weighted by atomic mass is 9.83. The summed E-state index contributed by atoms with van der Waals surface area (Å²) in [6.45, 7) is 2.48. The summed E-state index contributed by atoms with van der Waals surface area (Å²) in [4.78, 5) is 42.4. The smallest absolute Gasteiger partial charge is 0.246 e. The fourth-order valence-electron chi connectivity index (χ4n) is 5.91. The van der Waals surface area contributed by atoms with Gasteiger partial charge >= 0.3 is 0 Å². The van der Waals surface area contributed by atoms with Gasteiger partial charge in [-0.15, -0.1) is 0 Å². The Morgan fingerprint density at radius 3 is 2.47 bits per heavy atom. The summed E-state index contributed by atoms with van der Waals surface area (Å²) in [5, 5.41) is 20.4. The van der Waals surface area contributed by atoms with Crippen molar-refractivity contribution < 1.29 is 24.2 Å². The molecule has 0 spiro atoms. The van der Waals surface area contributed by atoms with Crippen LogP contribution < -0.4 is 20.7 Å². The first kappa shape index (κ1) is 32.5. The van der Waals surface area contributed by atoms with E-state index in [2.05, 4.69) is 16.0 Å². The van der Waals surface area contributed by atoms with E-state index in [1.165, 1.54) is 11.8 Å². The second-order valence-electron chi connectivity index (χ2n) is 11.4. The highest BCUT2D eigenvalue weighted by atomic mass is 35.5. The van der Waals surface area contributed by atoms with Gasteiger partial charge in [-0.05, 0) is 49.4 Å². The zero-order chi connectivity index (χ0) is 30.8. The third-order valence-corrected chi connectivity index (χ3v) is 8.45. The van der Waals surface area contributed by atoms with Gasteiger partial charge in [0, 0.05) is 37.1 Å². The minimum absolute atomic E-state index is 0.102. The van der Waals surface area contributed by atoms with Gasteiger partial charge in [-0.2, -0.15) is 0 Å². The molecule has 0 radical (unpaired) electrons. The lowest BCUT2D eigenvalue weighted by molar-refractivity contribution is -0.146. The minimum atomic E-state index is -1.19. The van der Waals surface area contributed by atoms with Crippen molar-refractivity contribution in [2.24, 2.45) is 5.92 Å². The van der Waals surface area contributed by atoms with Gasteiger partial charge in [-0.25, -0.2) is 0 Å². The second-order valence-corrected chi connectivity index (χ2v) is 11.8. The molecule has 1 aliphatic heterocycles. The van der Waals surface area contributed by atoms with E-state index < -0.39 is 36.0 Å². The number of carbonyl (C=O) groups is 3. The van der Waals surface area contributed by atoms with Crippen molar-refractivity contribution in [3.05, 3.63) is 70.8 Å². The van der Waals surface area contributed by atoms with Crippen LogP contribution in [-0.4, -0.2) is 78.7 Å². The quantitative estimate of drug-likeness (QED) is 0.422. The molecule has 4 rings (SSSR count). The molecular formula is C33H43ClN4O5. The first-order chi connectivity index (χ1) is 20.7. The van der Waals surface area contributed by atoms with Crippen LogP contribution in [0.3, 0.4) is 0 Å². The molecule has 9 nitrogen and oxygen atoms in total. The lowest BCUT2D eigenvalue weighted by Gasteiger charge is -2.37. The van der Waals surface area contributed by atoms with Gasteiger partial charge in [0.05, 0.1) is 12.1 Å². The van der Waals surface area contributed by atoms with Crippen molar-refractivity contribution in [2.45, 2.75) is 69.7 Å². The number of ether oxygens (including phenoxy) is 1. The molecule has 2 aliphatic rings. The third kappa shape index (κ3) is 9.05. The van der Waals surface area contributed by atoms with Gasteiger partial charge in [-0.1, -0.05) is 73.3 Å². The Labute approximate surface area is 259 Å². The van der Waals surface area contributed by atoms with Gasteiger partial charge < -0.3 is 30.7 Å². The molecule has 232 valence electrons. The van der Waals surface area contributed by atoms with Crippen molar-refractivity contribution in [1.82, 2.24) is 20.9 Å². The summed E-state index contributed by atoms with van der Waals surface area (Å²) in [5.41, 5.74) is 1.66. The van der Waals surface area contributed by atoms with Crippen LogP contribution in [0, 0.1) is 5.92 Å². The van der Waals surface area contributed by atoms with E-state index >= 15 is 0 Å². The molecular weight excluding hydrogens is 568 g/mol. The van der Waals surface area contributed by atoms with E-state index in [1.807, 2.05) is 36.4 Å². The lowest BCUT2D eigenvalue weighted by Crippen LogP contribution is -2.61. The molecule has 10 heteroatoms. The van der Waals surface area contributed by atoms with Crippen LogP contribution in [0.25, 0.3) is 6.08 Å². The van der Waals surface area contributed by atoms with Crippen molar-refractivity contribution in [3.8, 4) is 5.75 Å². The van der Waals surface area contributed by atoms with Crippen LogP contribution in [0.15, 0.2) is 54.6 Å². The van der Waals surface area contributed by atoms with Gasteiger partial charge in [0.15, 0.2) is 0 Å². The average molecular weight is 611 g/mol.